The summed E-state index contributed by atoms with van der Waals surface area (Å²) in [6.07, 6.45) is 4.93. The Labute approximate surface area is 386 Å². The van der Waals surface area contributed by atoms with E-state index in [-0.39, 0.29) is 17.7 Å². The molecule has 5 heteroatoms. The molecule has 1 aliphatic carbocycles. The minimum absolute atomic E-state index is 0.0146. The molecule has 66 heavy (non-hydrogen) atoms. The van der Waals surface area contributed by atoms with Gasteiger partial charge in [-0.05, 0) is 137 Å². The van der Waals surface area contributed by atoms with E-state index in [2.05, 4.69) is 224 Å². The second-order valence-electron chi connectivity index (χ2n) is 19.6. The van der Waals surface area contributed by atoms with Gasteiger partial charge in [0.25, 0.3) is 6.71 Å². The summed E-state index contributed by atoms with van der Waals surface area (Å²) in [5.41, 5.74) is 20.8. The lowest BCUT2D eigenvalue weighted by Crippen LogP contribution is -2.64. The molecule has 316 valence electrons. The van der Waals surface area contributed by atoms with Crippen LogP contribution in [0.5, 0.6) is 0 Å². The lowest BCUT2D eigenvalue weighted by molar-refractivity contribution is 0.195. The van der Waals surface area contributed by atoms with Crippen LogP contribution in [0.3, 0.4) is 0 Å². The zero-order chi connectivity index (χ0) is 43.9. The van der Waals surface area contributed by atoms with Crippen LogP contribution in [-0.4, -0.2) is 12.3 Å². The average molecular weight is 850 g/mol. The summed E-state index contributed by atoms with van der Waals surface area (Å²) in [6.45, 7) is 7.49. The largest absolute Gasteiger partial charge is 0.454 e. The fraction of sp³-hybridized carbons (Fsp3) is 0.148. The van der Waals surface area contributed by atoms with Crippen LogP contribution in [-0.2, 0) is 5.41 Å². The topological polar surface area (TPSA) is 22.9 Å². The molecule has 4 aliphatic rings. The highest BCUT2D eigenvalue weighted by atomic mass is 16.3. The van der Waals surface area contributed by atoms with E-state index in [0.29, 0.717) is 0 Å². The number of anilines is 8. The molecule has 1 aromatic heterocycles. The summed E-state index contributed by atoms with van der Waals surface area (Å²) in [7, 11) is 0. The van der Waals surface area contributed by atoms with Gasteiger partial charge in [-0.15, -0.1) is 0 Å². The van der Waals surface area contributed by atoms with Crippen molar-refractivity contribution in [1.82, 2.24) is 0 Å². The Balaban J connectivity index is 1.01. The van der Waals surface area contributed by atoms with Crippen LogP contribution >= 0.6 is 0 Å². The zero-order valence-corrected chi connectivity index (χ0v) is 37.6. The Morgan fingerprint density at radius 3 is 2.17 bits per heavy atom. The molecule has 14 rings (SSSR count). The van der Waals surface area contributed by atoms with Crippen LogP contribution in [0.15, 0.2) is 192 Å². The summed E-state index contributed by atoms with van der Waals surface area (Å²) < 4.78 is 6.83. The molecule has 0 N–H and O–H groups in total. The highest BCUT2D eigenvalue weighted by Gasteiger charge is 2.61. The predicted octanol–water partition coefficient (Wildman–Crippen LogP) is 14.5. The summed E-state index contributed by atoms with van der Waals surface area (Å²) in [5, 5.41) is 4.72. The third-order valence-electron chi connectivity index (χ3n) is 16.2. The van der Waals surface area contributed by atoms with Crippen molar-refractivity contribution < 1.29 is 4.42 Å². The van der Waals surface area contributed by atoms with Crippen LogP contribution in [0, 0.1) is 6.92 Å². The zero-order valence-electron chi connectivity index (χ0n) is 37.6. The Kier molecular flexibility index (Phi) is 7.89. The highest BCUT2D eigenvalue weighted by Crippen LogP contribution is 2.62. The minimum Gasteiger partial charge on any atom is -0.454 e. The molecule has 1 fully saturated rings. The molecular formula is C61H48BN3O. The van der Waals surface area contributed by atoms with E-state index in [4.69, 9.17) is 4.42 Å². The Hall–Kier alpha value is -7.50. The van der Waals surface area contributed by atoms with Crippen molar-refractivity contribution in [3.05, 3.63) is 199 Å². The summed E-state index contributed by atoms with van der Waals surface area (Å²) in [5.74, 6) is 0. The van der Waals surface area contributed by atoms with Gasteiger partial charge < -0.3 is 19.1 Å². The van der Waals surface area contributed by atoms with Crippen LogP contribution in [0.1, 0.15) is 50.7 Å². The Morgan fingerprint density at radius 2 is 1.29 bits per heavy atom. The van der Waals surface area contributed by atoms with E-state index in [9.17, 15) is 0 Å². The number of rotatable bonds is 5. The lowest BCUT2D eigenvalue weighted by atomic mass is 9.33. The monoisotopic (exact) mass is 849 g/mol. The molecule has 9 aromatic carbocycles. The fourth-order valence-electron chi connectivity index (χ4n) is 13.0. The summed E-state index contributed by atoms with van der Waals surface area (Å²) >= 11 is 0. The number of para-hydroxylation sites is 4. The van der Waals surface area contributed by atoms with E-state index >= 15 is 0 Å². The van der Waals surface area contributed by atoms with Crippen LogP contribution in [0.25, 0.3) is 43.8 Å². The molecule has 2 atom stereocenters. The van der Waals surface area contributed by atoms with Crippen LogP contribution in [0.4, 0.5) is 45.5 Å². The number of fused-ring (bicyclic) bond motifs is 11. The van der Waals surface area contributed by atoms with Crippen molar-refractivity contribution >= 4 is 101 Å². The smallest absolute Gasteiger partial charge is 0.252 e. The number of hydrogen-bond acceptors (Lipinski definition) is 4. The first kappa shape index (κ1) is 37.8. The number of furan rings is 1. The van der Waals surface area contributed by atoms with Gasteiger partial charge in [0.1, 0.15) is 5.58 Å². The molecule has 0 amide bonds. The molecular weight excluding hydrogens is 802 g/mol. The summed E-state index contributed by atoms with van der Waals surface area (Å²) in [4.78, 5) is 7.78. The van der Waals surface area contributed by atoms with Crippen molar-refractivity contribution in [2.45, 2.75) is 57.4 Å². The molecule has 3 aliphatic heterocycles. The SMILES string of the molecule is Cc1cc2c3c(c1)N1c4c(cccc4C4(C)CCCC[C@@]14C)B3c1ccc(N(c3ccc(-c4cccc5ccccc45)cc3)c3cccc4c3oc3ccccc34)cc1N2c1ccccc1. The van der Waals surface area contributed by atoms with Gasteiger partial charge in [-0.1, -0.05) is 147 Å². The first-order valence-electron chi connectivity index (χ1n) is 23.8. The van der Waals surface area contributed by atoms with Gasteiger partial charge in [-0.3, -0.25) is 0 Å². The molecule has 1 unspecified atom stereocenters. The number of aryl methyl sites for hydroxylation is 1. The molecule has 1 saturated carbocycles. The van der Waals surface area contributed by atoms with Crippen LogP contribution < -0.4 is 31.1 Å². The first-order chi connectivity index (χ1) is 32.4. The molecule has 10 aromatic rings. The lowest BCUT2D eigenvalue weighted by Gasteiger charge is -2.52. The van der Waals surface area contributed by atoms with Crippen molar-refractivity contribution in [1.29, 1.82) is 0 Å². The normalized spacial score (nSPS) is 18.9. The second-order valence-corrected chi connectivity index (χ2v) is 19.6. The highest BCUT2D eigenvalue weighted by molar-refractivity contribution is 7.00. The molecule has 0 radical (unpaired) electrons. The third-order valence-corrected chi connectivity index (χ3v) is 16.2. The Morgan fingerprint density at radius 1 is 0.576 bits per heavy atom. The van der Waals surface area contributed by atoms with E-state index < -0.39 is 0 Å². The van der Waals surface area contributed by atoms with Crippen molar-refractivity contribution in [3.63, 3.8) is 0 Å². The average Bonchev–Trinajstić information content (AvgIpc) is 3.84. The van der Waals surface area contributed by atoms with Crippen molar-refractivity contribution in [2.24, 2.45) is 0 Å². The van der Waals surface area contributed by atoms with Crippen molar-refractivity contribution in [2.75, 3.05) is 14.7 Å². The van der Waals surface area contributed by atoms with Gasteiger partial charge in [0.2, 0.25) is 0 Å². The minimum atomic E-state index is -0.0146. The predicted molar refractivity (Wildman–Crippen MR) is 278 cm³/mol. The standard InChI is InChI=1S/C61H48BN3O/c1-39-36-54-57-55(37-39)65-58-49(60(2)34-11-12-35-61(60,65)3)24-15-25-51(58)62(57)50-33-32-44(38-53(50)64(54)42-18-5-4-6-19-42)63(52-26-14-23-48-47-21-9-10-27-56(47)66-59(48)52)43-30-28-41(29-31-43)46-22-13-17-40-16-7-8-20-45(40)46/h4-10,13-33,36-38H,11-12,34-35H2,1-3H3/t60?,61-/m1/s1. The van der Waals surface area contributed by atoms with Gasteiger partial charge in [0, 0.05) is 56.0 Å². The summed E-state index contributed by atoms with van der Waals surface area (Å²) in [6, 6.07) is 69.8. The van der Waals surface area contributed by atoms with Gasteiger partial charge in [0.15, 0.2) is 5.58 Å². The number of nitrogens with zero attached hydrogens (tertiary/aromatic N) is 3. The molecule has 0 bridgehead atoms. The fourth-order valence-corrected chi connectivity index (χ4v) is 13.0. The van der Waals surface area contributed by atoms with E-state index in [0.717, 1.165) is 44.7 Å². The van der Waals surface area contributed by atoms with Gasteiger partial charge in [-0.25, -0.2) is 0 Å². The van der Waals surface area contributed by atoms with Gasteiger partial charge >= 0.3 is 0 Å². The molecule has 4 nitrogen and oxygen atoms in total. The van der Waals surface area contributed by atoms with Crippen molar-refractivity contribution in [3.8, 4) is 11.1 Å². The number of benzene rings is 9. The van der Waals surface area contributed by atoms with E-state index in [1.807, 2.05) is 0 Å². The van der Waals surface area contributed by atoms with Gasteiger partial charge in [0.05, 0.1) is 11.2 Å². The molecule has 0 saturated heterocycles. The van der Waals surface area contributed by atoms with Crippen LogP contribution in [0.2, 0.25) is 0 Å². The van der Waals surface area contributed by atoms with E-state index in [1.165, 1.54) is 97.8 Å². The molecule has 4 heterocycles. The van der Waals surface area contributed by atoms with Gasteiger partial charge in [-0.2, -0.15) is 0 Å². The third kappa shape index (κ3) is 5.06. The maximum Gasteiger partial charge on any atom is 0.252 e. The Bertz CT molecular complexity index is 3630. The second kappa shape index (κ2) is 13.8. The maximum atomic E-state index is 6.83. The molecule has 0 spiro atoms. The number of hydrogen-bond donors (Lipinski definition) is 0. The van der Waals surface area contributed by atoms with E-state index in [1.54, 1.807) is 0 Å². The quantitative estimate of drug-likeness (QED) is 0.161. The maximum absolute atomic E-state index is 6.83. The first-order valence-corrected chi connectivity index (χ1v) is 23.8.